The first-order valence-electron chi connectivity index (χ1n) is 3.22. The normalized spacial score (nSPS) is 25.5. The zero-order valence-electron chi connectivity index (χ0n) is 6.11. The van der Waals surface area contributed by atoms with Gasteiger partial charge in [-0.2, -0.15) is 0 Å². The van der Waals surface area contributed by atoms with Gasteiger partial charge in [-0.15, -0.1) is 0 Å². The minimum atomic E-state index is -0.993. The molecule has 0 bridgehead atoms. The quantitative estimate of drug-likeness (QED) is 0.622. The van der Waals surface area contributed by atoms with Gasteiger partial charge in [0.1, 0.15) is 0 Å². The lowest BCUT2D eigenvalue weighted by Crippen LogP contribution is -1.79. The van der Waals surface area contributed by atoms with E-state index in [-0.39, 0.29) is 0 Å². The van der Waals surface area contributed by atoms with Gasteiger partial charge >= 0.3 is 0 Å². The molecule has 0 amide bonds. The summed E-state index contributed by atoms with van der Waals surface area (Å²) in [6.45, 7) is 2.65. The summed E-state index contributed by atoms with van der Waals surface area (Å²) in [6.07, 6.45) is 0. The number of halogens is 2. The Morgan fingerprint density at radius 2 is 0.917 bits per heavy atom. The van der Waals surface area contributed by atoms with Crippen molar-refractivity contribution in [1.82, 2.24) is 0 Å². The van der Waals surface area contributed by atoms with Crippen molar-refractivity contribution in [3.8, 4) is 0 Å². The van der Waals surface area contributed by atoms with Crippen molar-refractivity contribution in [3.63, 3.8) is 0 Å². The highest BCUT2D eigenvalue weighted by atomic mass is 35.7. The molecule has 0 aromatic carbocycles. The number of hydrogen-bond acceptors (Lipinski definition) is 4. The molecule has 2 aliphatic rings. The molecule has 12 heavy (non-hydrogen) atoms. The Morgan fingerprint density at radius 1 is 0.667 bits per heavy atom. The van der Waals surface area contributed by atoms with E-state index >= 15 is 0 Å². The summed E-state index contributed by atoms with van der Waals surface area (Å²) >= 11 is 10.7. The van der Waals surface area contributed by atoms with E-state index in [0.29, 0.717) is 26.4 Å². The number of hydrogen-bond donors (Lipinski definition) is 0. The first kappa shape index (κ1) is 11.4. The molecular weight excluding hydrogens is 245 g/mol. The SMILES string of the molecule is ClP1OCCO1.ClP1OCCO1. The van der Waals surface area contributed by atoms with Crippen LogP contribution in [-0.4, -0.2) is 26.4 Å². The molecular formula is C4H8Cl2O4P2. The Hall–Kier alpha value is 1.28. The van der Waals surface area contributed by atoms with E-state index in [1.54, 1.807) is 0 Å². The lowest BCUT2D eigenvalue weighted by molar-refractivity contribution is 0.365. The second-order valence-corrected chi connectivity index (χ2v) is 5.30. The maximum absolute atomic E-state index is 5.33. The molecule has 72 valence electrons. The van der Waals surface area contributed by atoms with Gasteiger partial charge in [0.05, 0.1) is 26.4 Å². The van der Waals surface area contributed by atoms with Crippen molar-refractivity contribution in [2.45, 2.75) is 0 Å². The fourth-order valence-corrected chi connectivity index (χ4v) is 2.36. The van der Waals surface area contributed by atoms with Crippen LogP contribution in [0.5, 0.6) is 0 Å². The molecule has 0 N–H and O–H groups in total. The molecule has 2 aliphatic heterocycles. The van der Waals surface area contributed by atoms with Gasteiger partial charge in [-0.05, 0) is 22.5 Å². The van der Waals surface area contributed by atoms with Crippen molar-refractivity contribution in [1.29, 1.82) is 0 Å². The van der Waals surface area contributed by atoms with Gasteiger partial charge in [-0.25, -0.2) is 0 Å². The van der Waals surface area contributed by atoms with Gasteiger partial charge in [0.15, 0.2) is 0 Å². The van der Waals surface area contributed by atoms with Crippen LogP contribution >= 0.6 is 37.9 Å². The average molecular weight is 253 g/mol. The summed E-state index contributed by atoms with van der Waals surface area (Å²) in [5, 5.41) is 0. The summed E-state index contributed by atoms with van der Waals surface area (Å²) in [6, 6.07) is 0. The smallest absolute Gasteiger partial charge is 0.276 e. The molecule has 2 heterocycles. The summed E-state index contributed by atoms with van der Waals surface area (Å²) in [4.78, 5) is 0. The van der Waals surface area contributed by atoms with E-state index < -0.39 is 15.5 Å². The highest BCUT2D eigenvalue weighted by Crippen LogP contribution is 2.47. The lowest BCUT2D eigenvalue weighted by Gasteiger charge is -1.89. The topological polar surface area (TPSA) is 36.9 Å². The molecule has 2 rings (SSSR count). The van der Waals surface area contributed by atoms with Crippen LogP contribution in [0.2, 0.25) is 0 Å². The van der Waals surface area contributed by atoms with Crippen LogP contribution in [-0.2, 0) is 18.1 Å². The van der Waals surface area contributed by atoms with Crippen molar-refractivity contribution in [2.24, 2.45) is 0 Å². The molecule has 0 atom stereocenters. The van der Waals surface area contributed by atoms with E-state index in [2.05, 4.69) is 0 Å². The monoisotopic (exact) mass is 252 g/mol. The molecule has 0 aliphatic carbocycles. The van der Waals surface area contributed by atoms with Gasteiger partial charge in [0.2, 0.25) is 0 Å². The molecule has 4 nitrogen and oxygen atoms in total. The van der Waals surface area contributed by atoms with Gasteiger partial charge in [-0.1, -0.05) is 0 Å². The molecule has 0 unspecified atom stereocenters. The predicted molar refractivity (Wildman–Crippen MR) is 49.4 cm³/mol. The fraction of sp³-hybridized carbons (Fsp3) is 1.00. The summed E-state index contributed by atoms with van der Waals surface area (Å²) in [5.74, 6) is 0. The molecule has 2 fully saturated rings. The van der Waals surface area contributed by atoms with Crippen LogP contribution in [0.4, 0.5) is 0 Å². The van der Waals surface area contributed by atoms with Crippen molar-refractivity contribution in [2.75, 3.05) is 26.4 Å². The first-order valence-corrected chi connectivity index (χ1v) is 7.39. The van der Waals surface area contributed by atoms with Crippen molar-refractivity contribution < 1.29 is 18.1 Å². The van der Waals surface area contributed by atoms with E-state index in [0.717, 1.165) is 0 Å². The highest BCUT2D eigenvalue weighted by molar-refractivity contribution is 7.76. The van der Waals surface area contributed by atoms with Crippen LogP contribution in [0.15, 0.2) is 0 Å². The van der Waals surface area contributed by atoms with Gasteiger partial charge in [-0.3, -0.25) is 0 Å². The van der Waals surface area contributed by atoms with Gasteiger partial charge < -0.3 is 18.1 Å². The molecule has 0 aromatic heterocycles. The van der Waals surface area contributed by atoms with Crippen LogP contribution in [0.3, 0.4) is 0 Å². The molecule has 0 saturated carbocycles. The fourth-order valence-electron chi connectivity index (χ4n) is 0.511. The standard InChI is InChI=1S/2C2H4ClO2P/c2*3-6-4-1-2-5-6/h2*1-2H2. The zero-order chi connectivity index (χ0) is 8.81. The van der Waals surface area contributed by atoms with Crippen LogP contribution in [0.25, 0.3) is 0 Å². The Labute approximate surface area is 82.8 Å². The van der Waals surface area contributed by atoms with Gasteiger partial charge in [0.25, 0.3) is 15.5 Å². The molecule has 2 saturated heterocycles. The first-order chi connectivity index (χ1) is 5.79. The third-order valence-electron chi connectivity index (χ3n) is 0.938. The Balaban J connectivity index is 0.000000120. The Bertz CT molecular complexity index is 104. The van der Waals surface area contributed by atoms with Crippen LogP contribution in [0.1, 0.15) is 0 Å². The molecule has 8 heteroatoms. The lowest BCUT2D eigenvalue weighted by atomic mass is 10.8. The molecule has 0 spiro atoms. The molecule has 0 radical (unpaired) electrons. The third kappa shape index (κ3) is 5.11. The molecule has 0 aromatic rings. The Morgan fingerprint density at radius 3 is 1.00 bits per heavy atom. The Kier molecular flexibility index (Phi) is 6.33. The maximum atomic E-state index is 5.33. The van der Waals surface area contributed by atoms with Crippen LogP contribution < -0.4 is 0 Å². The largest absolute Gasteiger partial charge is 0.320 e. The minimum absolute atomic E-state index is 0.662. The van der Waals surface area contributed by atoms with Crippen LogP contribution in [0, 0.1) is 0 Å². The third-order valence-corrected chi connectivity index (χ3v) is 3.65. The van der Waals surface area contributed by atoms with E-state index in [4.69, 9.17) is 40.6 Å². The number of rotatable bonds is 0. The maximum Gasteiger partial charge on any atom is 0.276 e. The summed E-state index contributed by atoms with van der Waals surface area (Å²) in [7, 11) is -1.99. The summed E-state index contributed by atoms with van der Waals surface area (Å²) < 4.78 is 19.0. The predicted octanol–water partition coefficient (Wildman–Crippen LogP) is 3.00. The summed E-state index contributed by atoms with van der Waals surface area (Å²) in [5.41, 5.74) is 0. The zero-order valence-corrected chi connectivity index (χ0v) is 9.41. The highest BCUT2D eigenvalue weighted by Gasteiger charge is 2.12. The average Bonchev–Trinajstić information content (AvgIpc) is 2.63. The van der Waals surface area contributed by atoms with E-state index in [1.807, 2.05) is 0 Å². The van der Waals surface area contributed by atoms with E-state index in [9.17, 15) is 0 Å². The van der Waals surface area contributed by atoms with Crippen molar-refractivity contribution >= 4 is 37.9 Å². The van der Waals surface area contributed by atoms with Crippen molar-refractivity contribution in [3.05, 3.63) is 0 Å². The van der Waals surface area contributed by atoms with E-state index in [1.165, 1.54) is 0 Å². The van der Waals surface area contributed by atoms with Gasteiger partial charge in [0, 0.05) is 0 Å². The second-order valence-electron chi connectivity index (χ2n) is 1.76. The minimum Gasteiger partial charge on any atom is -0.320 e. The second kappa shape index (κ2) is 6.69.